The quantitative estimate of drug-likeness (QED) is 0.507. The third-order valence-corrected chi connectivity index (χ3v) is 1.77. The summed E-state index contributed by atoms with van der Waals surface area (Å²) in [7, 11) is 0. The highest BCUT2D eigenvalue weighted by molar-refractivity contribution is 4.97. The minimum absolute atomic E-state index is 0.139. The lowest BCUT2D eigenvalue weighted by Crippen LogP contribution is -2.26. The second-order valence-corrected chi connectivity index (χ2v) is 2.25. The molecule has 2 N–H and O–H groups in total. The summed E-state index contributed by atoms with van der Waals surface area (Å²) in [5, 5.41) is 8.41. The fraction of sp³-hybridized carbons (Fsp3) is 1.00. The zero-order chi connectivity index (χ0) is 5.33. The van der Waals surface area contributed by atoms with Gasteiger partial charge in [-0.3, -0.25) is 0 Å². The lowest BCUT2D eigenvalue weighted by atomic mass is 10.2. The van der Waals surface area contributed by atoms with Crippen molar-refractivity contribution in [2.45, 2.75) is 31.7 Å². The molecule has 7 heavy (non-hydrogen) atoms. The van der Waals surface area contributed by atoms with Crippen molar-refractivity contribution in [2.24, 2.45) is 0 Å². The molecule has 0 amide bonds. The first-order chi connectivity index (χ1) is 3.33. The highest BCUT2D eigenvalue weighted by atomic mass is 16.5. The highest BCUT2D eigenvalue weighted by Crippen LogP contribution is 2.37. The molecule has 2 nitrogen and oxygen atoms in total. The van der Waals surface area contributed by atoms with Gasteiger partial charge >= 0.3 is 0 Å². The van der Waals surface area contributed by atoms with Gasteiger partial charge in [0.25, 0.3) is 0 Å². The van der Waals surface area contributed by atoms with E-state index in [2.05, 4.69) is 12.4 Å². The van der Waals surface area contributed by atoms with E-state index in [9.17, 15) is 0 Å². The van der Waals surface area contributed by atoms with Crippen molar-refractivity contribution in [3.05, 3.63) is 0 Å². The molecule has 1 saturated carbocycles. The Morgan fingerprint density at radius 1 is 1.71 bits per heavy atom. The molecule has 0 aromatic heterocycles. The van der Waals surface area contributed by atoms with Crippen LogP contribution in [0.1, 0.15) is 26.2 Å². The molecule has 0 heterocycles. The van der Waals surface area contributed by atoms with E-state index in [-0.39, 0.29) is 5.54 Å². The first-order valence-corrected chi connectivity index (χ1v) is 2.74. The summed E-state index contributed by atoms with van der Waals surface area (Å²) in [6.07, 6.45) is 3.32. The largest absolute Gasteiger partial charge is 0.316 e. The van der Waals surface area contributed by atoms with Gasteiger partial charge in [-0.15, -0.1) is 0 Å². The van der Waals surface area contributed by atoms with Crippen LogP contribution >= 0.6 is 0 Å². The van der Waals surface area contributed by atoms with E-state index in [1.807, 2.05) is 0 Å². The molecule has 0 saturated heterocycles. The van der Waals surface area contributed by atoms with Crippen molar-refractivity contribution in [1.29, 1.82) is 0 Å². The van der Waals surface area contributed by atoms with Gasteiger partial charge in [0.05, 0.1) is 0 Å². The van der Waals surface area contributed by atoms with Gasteiger partial charge in [0, 0.05) is 5.54 Å². The van der Waals surface area contributed by atoms with Gasteiger partial charge in [-0.25, -0.2) is 0 Å². The SMILES string of the molecule is CCC1(NO)CC1. The predicted octanol–water partition coefficient (Wildman–Crippen LogP) is 0.908. The topological polar surface area (TPSA) is 32.3 Å². The fourth-order valence-corrected chi connectivity index (χ4v) is 0.695. The lowest BCUT2D eigenvalue weighted by Gasteiger charge is -2.06. The standard InChI is InChI=1S/C5H11NO/c1-2-5(6-7)3-4-5/h6-7H,2-4H2,1H3. The second kappa shape index (κ2) is 1.46. The van der Waals surface area contributed by atoms with E-state index in [4.69, 9.17) is 5.21 Å². The Labute approximate surface area is 43.5 Å². The van der Waals surface area contributed by atoms with E-state index in [0.717, 1.165) is 19.3 Å². The molecule has 0 radical (unpaired) electrons. The molecular weight excluding hydrogens is 90.1 g/mol. The molecule has 42 valence electrons. The molecule has 1 fully saturated rings. The minimum Gasteiger partial charge on any atom is -0.316 e. The Balaban J connectivity index is 2.28. The molecule has 1 aliphatic rings. The number of hydrogen-bond acceptors (Lipinski definition) is 2. The van der Waals surface area contributed by atoms with Gasteiger partial charge in [0.15, 0.2) is 0 Å². The monoisotopic (exact) mass is 101 g/mol. The highest BCUT2D eigenvalue weighted by Gasteiger charge is 2.39. The van der Waals surface area contributed by atoms with Crippen LogP contribution in [0.3, 0.4) is 0 Å². The average molecular weight is 101 g/mol. The molecule has 0 unspecified atom stereocenters. The maximum Gasteiger partial charge on any atom is 0.0428 e. The summed E-state index contributed by atoms with van der Waals surface area (Å²) in [6, 6.07) is 0. The van der Waals surface area contributed by atoms with Crippen LogP contribution in [0.15, 0.2) is 0 Å². The summed E-state index contributed by atoms with van der Waals surface area (Å²) >= 11 is 0. The van der Waals surface area contributed by atoms with Gasteiger partial charge in [-0.1, -0.05) is 6.92 Å². The van der Waals surface area contributed by atoms with Crippen LogP contribution in [-0.4, -0.2) is 10.7 Å². The predicted molar refractivity (Wildman–Crippen MR) is 27.2 cm³/mol. The molecule has 0 aromatic rings. The number of nitrogens with one attached hydrogen (secondary N) is 1. The van der Waals surface area contributed by atoms with Crippen molar-refractivity contribution < 1.29 is 5.21 Å². The van der Waals surface area contributed by atoms with E-state index in [1.165, 1.54) is 0 Å². The van der Waals surface area contributed by atoms with Crippen LogP contribution < -0.4 is 5.48 Å². The summed E-state index contributed by atoms with van der Waals surface area (Å²) in [4.78, 5) is 0. The van der Waals surface area contributed by atoms with E-state index in [1.54, 1.807) is 0 Å². The lowest BCUT2D eigenvalue weighted by molar-refractivity contribution is 0.112. The first-order valence-electron chi connectivity index (χ1n) is 2.74. The average Bonchev–Trinajstić information content (AvgIpc) is 2.46. The van der Waals surface area contributed by atoms with Crippen molar-refractivity contribution in [2.75, 3.05) is 0 Å². The maximum atomic E-state index is 8.41. The number of hydrogen-bond donors (Lipinski definition) is 2. The van der Waals surface area contributed by atoms with Crippen LogP contribution in [-0.2, 0) is 0 Å². The zero-order valence-corrected chi connectivity index (χ0v) is 4.57. The minimum atomic E-state index is 0.139. The Kier molecular flexibility index (Phi) is 1.05. The van der Waals surface area contributed by atoms with Crippen LogP contribution in [0.2, 0.25) is 0 Å². The summed E-state index contributed by atoms with van der Waals surface area (Å²) in [6.45, 7) is 2.08. The van der Waals surface area contributed by atoms with Gasteiger partial charge in [0.1, 0.15) is 0 Å². The number of hydroxylamine groups is 1. The number of rotatable bonds is 2. The van der Waals surface area contributed by atoms with Crippen LogP contribution in [0, 0.1) is 0 Å². The van der Waals surface area contributed by atoms with Crippen LogP contribution in [0.5, 0.6) is 0 Å². The van der Waals surface area contributed by atoms with Crippen molar-refractivity contribution in [3.8, 4) is 0 Å². The van der Waals surface area contributed by atoms with Gasteiger partial charge in [-0.2, -0.15) is 5.48 Å². The van der Waals surface area contributed by atoms with Gasteiger partial charge in [-0.05, 0) is 19.3 Å². The van der Waals surface area contributed by atoms with Crippen LogP contribution in [0.4, 0.5) is 0 Å². The van der Waals surface area contributed by atoms with Crippen LogP contribution in [0.25, 0.3) is 0 Å². The maximum absolute atomic E-state index is 8.41. The summed E-state index contributed by atoms with van der Waals surface area (Å²) in [5.41, 5.74) is 2.44. The third kappa shape index (κ3) is 0.763. The van der Waals surface area contributed by atoms with E-state index >= 15 is 0 Å². The van der Waals surface area contributed by atoms with E-state index in [0.29, 0.717) is 0 Å². The molecular formula is C5H11NO. The third-order valence-electron chi connectivity index (χ3n) is 1.77. The molecule has 0 bridgehead atoms. The van der Waals surface area contributed by atoms with Gasteiger partial charge in [0.2, 0.25) is 0 Å². The van der Waals surface area contributed by atoms with Crippen molar-refractivity contribution in [1.82, 2.24) is 5.48 Å². The Hall–Kier alpha value is -0.0800. The Morgan fingerprint density at radius 2 is 2.29 bits per heavy atom. The van der Waals surface area contributed by atoms with Gasteiger partial charge < -0.3 is 5.21 Å². The molecule has 1 aliphatic carbocycles. The van der Waals surface area contributed by atoms with E-state index < -0.39 is 0 Å². The molecule has 2 heteroatoms. The molecule has 0 aromatic carbocycles. The summed E-state index contributed by atoms with van der Waals surface area (Å²) in [5.74, 6) is 0. The Bertz CT molecular complexity index is 62.5. The molecule has 0 atom stereocenters. The Morgan fingerprint density at radius 3 is 2.29 bits per heavy atom. The normalized spacial score (nSPS) is 24.9. The fourth-order valence-electron chi connectivity index (χ4n) is 0.695. The molecule has 0 spiro atoms. The smallest absolute Gasteiger partial charge is 0.0428 e. The second-order valence-electron chi connectivity index (χ2n) is 2.25. The molecule has 1 rings (SSSR count). The first kappa shape index (κ1) is 5.06. The summed E-state index contributed by atoms with van der Waals surface area (Å²) < 4.78 is 0. The van der Waals surface area contributed by atoms with Crippen molar-refractivity contribution >= 4 is 0 Å². The molecule has 0 aliphatic heterocycles. The zero-order valence-electron chi connectivity index (χ0n) is 4.57. The van der Waals surface area contributed by atoms with Crippen molar-refractivity contribution in [3.63, 3.8) is 0 Å².